The van der Waals surface area contributed by atoms with E-state index in [1.807, 2.05) is 13.0 Å². The van der Waals surface area contributed by atoms with Gasteiger partial charge in [0.15, 0.2) is 11.5 Å². The van der Waals surface area contributed by atoms with Crippen molar-refractivity contribution in [3.63, 3.8) is 0 Å². The molecule has 1 saturated carbocycles. The van der Waals surface area contributed by atoms with Gasteiger partial charge in [-0.3, -0.25) is 4.79 Å². The quantitative estimate of drug-likeness (QED) is 0.533. The lowest BCUT2D eigenvalue weighted by molar-refractivity contribution is -0.120. The van der Waals surface area contributed by atoms with E-state index in [-0.39, 0.29) is 5.91 Å². The lowest BCUT2D eigenvalue weighted by Gasteiger charge is -2.03. The minimum absolute atomic E-state index is 0.126. The first-order chi connectivity index (χ1) is 13.7. The zero-order valence-electron chi connectivity index (χ0n) is 16.5. The maximum atomic E-state index is 11.5. The summed E-state index contributed by atoms with van der Waals surface area (Å²) in [7, 11) is 0. The Hall–Kier alpha value is -2.62. The minimum Gasteiger partial charge on any atom is -0.440 e. The predicted octanol–water partition coefficient (Wildman–Crippen LogP) is 5.02. The first-order valence-electron chi connectivity index (χ1n) is 10.4. The summed E-state index contributed by atoms with van der Waals surface area (Å²) in [6.45, 7) is 2.64. The molecule has 0 bridgehead atoms. The number of fused-ring (bicyclic) bond motifs is 1. The number of oxazole rings is 1. The molecule has 4 rings (SSSR count). The predicted molar refractivity (Wildman–Crippen MR) is 111 cm³/mol. The van der Waals surface area contributed by atoms with Crippen LogP contribution < -0.4 is 5.32 Å². The molecule has 1 amide bonds. The van der Waals surface area contributed by atoms with Crippen molar-refractivity contribution in [3.8, 4) is 0 Å². The summed E-state index contributed by atoms with van der Waals surface area (Å²) in [5.74, 6) is 1.95. The van der Waals surface area contributed by atoms with Crippen molar-refractivity contribution in [1.82, 2.24) is 10.3 Å². The number of benzene rings is 2. The van der Waals surface area contributed by atoms with Crippen molar-refractivity contribution in [2.45, 2.75) is 51.4 Å². The van der Waals surface area contributed by atoms with Crippen LogP contribution in [0.25, 0.3) is 11.1 Å². The molecule has 1 aliphatic rings. The fourth-order valence-electron chi connectivity index (χ4n) is 3.89. The number of para-hydroxylation sites is 1. The fraction of sp³-hybridized carbons (Fsp3) is 0.417. The SMILES string of the molecule is CCC(=O)NC[C@@H]1C[C@H]1c1cccc2nc(CCCCc3ccccc3)oc12. The molecule has 1 aliphatic carbocycles. The third-order valence-corrected chi connectivity index (χ3v) is 5.64. The van der Waals surface area contributed by atoms with Gasteiger partial charge in [-0.2, -0.15) is 0 Å². The highest BCUT2D eigenvalue weighted by molar-refractivity contribution is 5.78. The molecular formula is C24H28N2O2. The first-order valence-corrected chi connectivity index (χ1v) is 10.4. The topological polar surface area (TPSA) is 55.1 Å². The van der Waals surface area contributed by atoms with Gasteiger partial charge < -0.3 is 9.73 Å². The number of hydrogen-bond acceptors (Lipinski definition) is 3. The summed E-state index contributed by atoms with van der Waals surface area (Å²) < 4.78 is 6.15. The molecule has 0 spiro atoms. The molecule has 0 unspecified atom stereocenters. The zero-order valence-corrected chi connectivity index (χ0v) is 16.5. The molecule has 2 aromatic carbocycles. The standard InChI is InChI=1S/C24H28N2O2/c1-2-22(27)25-16-18-15-20(18)19-12-8-13-21-24(19)28-23(26-21)14-7-6-11-17-9-4-3-5-10-17/h3-5,8-10,12-13,18,20H,2,6-7,11,14-16H2,1H3,(H,25,27)/t18-,20+/m0/s1. The number of carbonyl (C=O) groups excluding carboxylic acids is 1. The summed E-state index contributed by atoms with van der Waals surface area (Å²) in [4.78, 5) is 16.2. The minimum atomic E-state index is 0.126. The molecule has 28 heavy (non-hydrogen) atoms. The normalized spacial score (nSPS) is 18.3. The molecule has 1 heterocycles. The van der Waals surface area contributed by atoms with Crippen LogP contribution in [0.1, 0.15) is 55.5 Å². The molecule has 0 radical (unpaired) electrons. The Morgan fingerprint density at radius 2 is 1.93 bits per heavy atom. The largest absolute Gasteiger partial charge is 0.440 e. The van der Waals surface area contributed by atoms with Gasteiger partial charge in [-0.25, -0.2) is 4.98 Å². The van der Waals surface area contributed by atoms with Crippen LogP contribution in [0.4, 0.5) is 0 Å². The third-order valence-electron chi connectivity index (χ3n) is 5.64. The first kappa shape index (κ1) is 18.7. The molecule has 2 atom stereocenters. The fourth-order valence-corrected chi connectivity index (χ4v) is 3.89. The van der Waals surface area contributed by atoms with Crippen molar-refractivity contribution in [2.24, 2.45) is 5.92 Å². The van der Waals surface area contributed by atoms with Crippen LogP contribution in [0.15, 0.2) is 52.9 Å². The van der Waals surface area contributed by atoms with Gasteiger partial charge in [-0.1, -0.05) is 49.4 Å². The maximum Gasteiger partial charge on any atom is 0.219 e. The molecule has 0 aliphatic heterocycles. The van der Waals surface area contributed by atoms with E-state index in [4.69, 9.17) is 9.40 Å². The van der Waals surface area contributed by atoms with Crippen LogP contribution in [0.2, 0.25) is 0 Å². The van der Waals surface area contributed by atoms with Crippen molar-refractivity contribution in [1.29, 1.82) is 0 Å². The summed E-state index contributed by atoms with van der Waals surface area (Å²) in [5.41, 5.74) is 4.53. The number of aryl methyl sites for hydroxylation is 2. The van der Waals surface area contributed by atoms with Gasteiger partial charge >= 0.3 is 0 Å². The highest BCUT2D eigenvalue weighted by atomic mass is 16.3. The van der Waals surface area contributed by atoms with Gasteiger partial charge in [0.05, 0.1) is 0 Å². The van der Waals surface area contributed by atoms with Gasteiger partial charge in [0.25, 0.3) is 0 Å². The van der Waals surface area contributed by atoms with E-state index in [1.54, 1.807) is 0 Å². The highest BCUT2D eigenvalue weighted by Gasteiger charge is 2.40. The summed E-state index contributed by atoms with van der Waals surface area (Å²) in [6, 6.07) is 16.9. The number of amides is 1. The number of aromatic nitrogens is 1. The van der Waals surface area contributed by atoms with E-state index in [2.05, 4.69) is 47.8 Å². The van der Waals surface area contributed by atoms with E-state index in [0.717, 1.165) is 55.6 Å². The van der Waals surface area contributed by atoms with Crippen LogP contribution in [-0.2, 0) is 17.6 Å². The monoisotopic (exact) mass is 376 g/mol. The molecule has 146 valence electrons. The number of nitrogens with zero attached hydrogens (tertiary/aromatic N) is 1. The van der Waals surface area contributed by atoms with Gasteiger partial charge in [0.2, 0.25) is 5.91 Å². The molecule has 4 heteroatoms. The van der Waals surface area contributed by atoms with Crippen LogP contribution in [0.3, 0.4) is 0 Å². The molecule has 3 aromatic rings. The van der Waals surface area contributed by atoms with Gasteiger partial charge in [-0.15, -0.1) is 0 Å². The summed E-state index contributed by atoms with van der Waals surface area (Å²) in [6.07, 6.45) is 5.84. The van der Waals surface area contributed by atoms with Crippen molar-refractivity contribution >= 4 is 17.0 Å². The number of hydrogen-bond donors (Lipinski definition) is 1. The van der Waals surface area contributed by atoms with E-state index < -0.39 is 0 Å². The lowest BCUT2D eigenvalue weighted by atomic mass is 10.1. The number of carbonyl (C=O) groups is 1. The van der Waals surface area contributed by atoms with Crippen LogP contribution >= 0.6 is 0 Å². The second-order valence-corrected chi connectivity index (χ2v) is 7.76. The van der Waals surface area contributed by atoms with Gasteiger partial charge in [0, 0.05) is 24.9 Å². The van der Waals surface area contributed by atoms with Gasteiger partial charge in [-0.05, 0) is 49.1 Å². The van der Waals surface area contributed by atoms with Crippen LogP contribution in [0.5, 0.6) is 0 Å². The van der Waals surface area contributed by atoms with E-state index in [9.17, 15) is 4.79 Å². The average molecular weight is 377 g/mol. The Morgan fingerprint density at radius 3 is 2.75 bits per heavy atom. The summed E-state index contributed by atoms with van der Waals surface area (Å²) >= 11 is 0. The highest BCUT2D eigenvalue weighted by Crippen LogP contribution is 2.49. The van der Waals surface area contributed by atoms with Crippen LogP contribution in [0, 0.1) is 5.92 Å². The number of rotatable bonds is 9. The van der Waals surface area contributed by atoms with Crippen LogP contribution in [-0.4, -0.2) is 17.4 Å². The average Bonchev–Trinajstić information content (AvgIpc) is 3.38. The molecule has 0 saturated heterocycles. The Balaban J connectivity index is 1.34. The van der Waals surface area contributed by atoms with Crippen molar-refractivity contribution in [2.75, 3.05) is 6.54 Å². The Labute approximate surface area is 166 Å². The van der Waals surface area contributed by atoms with Gasteiger partial charge in [0.1, 0.15) is 5.52 Å². The zero-order chi connectivity index (χ0) is 19.3. The molecule has 1 aromatic heterocycles. The molecule has 4 nitrogen and oxygen atoms in total. The number of unbranched alkanes of at least 4 members (excludes halogenated alkanes) is 1. The molecule has 1 N–H and O–H groups in total. The van der Waals surface area contributed by atoms with E-state index >= 15 is 0 Å². The Kier molecular flexibility index (Phi) is 5.75. The Bertz CT molecular complexity index is 932. The second kappa shape index (κ2) is 8.59. The summed E-state index contributed by atoms with van der Waals surface area (Å²) in [5, 5.41) is 3.01. The van der Waals surface area contributed by atoms with Crippen molar-refractivity contribution < 1.29 is 9.21 Å². The maximum absolute atomic E-state index is 11.5. The third kappa shape index (κ3) is 4.44. The second-order valence-electron chi connectivity index (χ2n) is 7.76. The van der Waals surface area contributed by atoms with Crippen molar-refractivity contribution in [3.05, 3.63) is 65.5 Å². The number of nitrogens with one attached hydrogen (secondary N) is 1. The van der Waals surface area contributed by atoms with E-state index in [1.165, 1.54) is 11.1 Å². The smallest absolute Gasteiger partial charge is 0.219 e. The van der Waals surface area contributed by atoms with E-state index in [0.29, 0.717) is 18.3 Å². The molecular weight excluding hydrogens is 348 g/mol. The lowest BCUT2D eigenvalue weighted by Crippen LogP contribution is -2.24. The Morgan fingerprint density at radius 1 is 1.11 bits per heavy atom. The molecule has 1 fully saturated rings.